The van der Waals surface area contributed by atoms with Crippen LogP contribution in [0.15, 0.2) is 5.38 Å². The Morgan fingerprint density at radius 1 is 1.42 bits per heavy atom. The molecule has 102 valence electrons. The Bertz CT molecular complexity index is 589. The van der Waals surface area contributed by atoms with Gasteiger partial charge < -0.3 is 10.6 Å². The number of aromatic nitrogens is 2. The van der Waals surface area contributed by atoms with Crippen LogP contribution < -0.4 is 10.6 Å². The Labute approximate surface area is 121 Å². The van der Waals surface area contributed by atoms with Crippen LogP contribution in [0.5, 0.6) is 0 Å². The monoisotopic (exact) mass is 294 g/mol. The fourth-order valence-electron chi connectivity index (χ4n) is 2.79. The molecule has 3 heterocycles. The summed E-state index contributed by atoms with van der Waals surface area (Å²) < 4.78 is 4.35. The van der Waals surface area contributed by atoms with E-state index in [4.69, 9.17) is 5.73 Å². The predicted octanol–water partition coefficient (Wildman–Crippen LogP) is 3.39. The van der Waals surface area contributed by atoms with E-state index in [2.05, 4.69) is 33.5 Å². The van der Waals surface area contributed by atoms with Crippen LogP contribution in [-0.4, -0.2) is 21.9 Å². The van der Waals surface area contributed by atoms with Crippen molar-refractivity contribution in [1.82, 2.24) is 9.36 Å². The molecule has 6 heteroatoms. The van der Waals surface area contributed by atoms with E-state index in [1.807, 2.05) is 6.92 Å². The third kappa shape index (κ3) is 2.23. The summed E-state index contributed by atoms with van der Waals surface area (Å²) in [4.78, 5) is 7.00. The molecule has 0 amide bonds. The fourth-order valence-corrected chi connectivity index (χ4v) is 4.33. The van der Waals surface area contributed by atoms with Crippen molar-refractivity contribution >= 4 is 33.7 Å². The fraction of sp³-hybridized carbons (Fsp3) is 0.538. The second-order valence-electron chi connectivity index (χ2n) is 5.34. The lowest BCUT2D eigenvalue weighted by Crippen LogP contribution is -2.26. The smallest absolute Gasteiger partial charge is 0.148 e. The molecule has 4 nitrogen and oxygen atoms in total. The first-order chi connectivity index (χ1) is 9.06. The summed E-state index contributed by atoms with van der Waals surface area (Å²) in [6.45, 7) is 7.67. The van der Waals surface area contributed by atoms with E-state index in [0.29, 0.717) is 11.9 Å². The maximum atomic E-state index is 6.07. The average Bonchev–Trinajstić information content (AvgIpc) is 2.99. The molecule has 0 radical (unpaired) electrons. The Hall–Kier alpha value is -1.14. The summed E-state index contributed by atoms with van der Waals surface area (Å²) in [6, 6.07) is 0.549. The second-order valence-corrected chi connectivity index (χ2v) is 7.16. The van der Waals surface area contributed by atoms with Crippen molar-refractivity contribution in [3.05, 3.63) is 10.4 Å². The number of nitrogens with two attached hydrogens (primary N) is 1. The number of hydrogen-bond acceptors (Lipinski definition) is 6. The summed E-state index contributed by atoms with van der Waals surface area (Å²) in [7, 11) is 0. The number of thiazole rings is 1. The van der Waals surface area contributed by atoms with E-state index in [1.54, 1.807) is 11.3 Å². The zero-order valence-corrected chi connectivity index (χ0v) is 13.0. The van der Waals surface area contributed by atoms with Crippen LogP contribution >= 0.6 is 22.9 Å². The summed E-state index contributed by atoms with van der Waals surface area (Å²) >= 11 is 3.15. The first-order valence-corrected chi connectivity index (χ1v) is 8.16. The number of hydrogen-bond donors (Lipinski definition) is 1. The predicted molar refractivity (Wildman–Crippen MR) is 83.0 cm³/mol. The van der Waals surface area contributed by atoms with E-state index < -0.39 is 0 Å². The quantitative estimate of drug-likeness (QED) is 0.922. The summed E-state index contributed by atoms with van der Waals surface area (Å²) in [5.74, 6) is 1.33. The minimum absolute atomic E-state index is 0.549. The number of anilines is 2. The van der Waals surface area contributed by atoms with Gasteiger partial charge in [-0.3, -0.25) is 0 Å². The van der Waals surface area contributed by atoms with Gasteiger partial charge in [-0.1, -0.05) is 6.92 Å². The molecule has 0 spiro atoms. The minimum atomic E-state index is 0.549. The Morgan fingerprint density at radius 2 is 2.21 bits per heavy atom. The molecule has 2 aromatic heterocycles. The van der Waals surface area contributed by atoms with Crippen molar-refractivity contribution in [1.29, 1.82) is 0 Å². The molecule has 1 saturated heterocycles. The van der Waals surface area contributed by atoms with Crippen molar-refractivity contribution in [3.8, 4) is 11.3 Å². The van der Waals surface area contributed by atoms with Gasteiger partial charge in [0, 0.05) is 18.0 Å². The lowest BCUT2D eigenvalue weighted by Gasteiger charge is -2.22. The molecule has 19 heavy (non-hydrogen) atoms. The molecule has 2 atom stereocenters. The molecule has 0 bridgehead atoms. The van der Waals surface area contributed by atoms with Gasteiger partial charge in [0.2, 0.25) is 0 Å². The van der Waals surface area contributed by atoms with E-state index in [1.165, 1.54) is 23.0 Å². The molecule has 1 aliphatic heterocycles. The third-order valence-corrected chi connectivity index (χ3v) is 5.29. The van der Waals surface area contributed by atoms with Crippen molar-refractivity contribution in [2.75, 3.05) is 17.2 Å². The highest BCUT2D eigenvalue weighted by Gasteiger charge is 2.31. The maximum absolute atomic E-state index is 6.07. The Balaban J connectivity index is 2.04. The molecular formula is C13H18N4S2. The molecule has 1 aliphatic rings. The van der Waals surface area contributed by atoms with E-state index in [0.717, 1.165) is 28.7 Å². The van der Waals surface area contributed by atoms with E-state index in [9.17, 15) is 0 Å². The summed E-state index contributed by atoms with van der Waals surface area (Å²) in [5.41, 5.74) is 8.06. The van der Waals surface area contributed by atoms with Gasteiger partial charge in [0.15, 0.2) is 0 Å². The van der Waals surface area contributed by atoms with Gasteiger partial charge in [-0.05, 0) is 37.7 Å². The van der Waals surface area contributed by atoms with Crippen LogP contribution in [0.4, 0.5) is 10.8 Å². The van der Waals surface area contributed by atoms with Gasteiger partial charge >= 0.3 is 0 Å². The minimum Gasteiger partial charge on any atom is -0.382 e. The normalized spacial score (nSPS) is 23.2. The van der Waals surface area contributed by atoms with Gasteiger partial charge in [0.05, 0.1) is 16.3 Å². The van der Waals surface area contributed by atoms with Gasteiger partial charge in [0.1, 0.15) is 10.8 Å². The van der Waals surface area contributed by atoms with Crippen LogP contribution in [0.1, 0.15) is 25.3 Å². The molecule has 1 fully saturated rings. The highest BCUT2D eigenvalue weighted by molar-refractivity contribution is 7.11. The lowest BCUT2D eigenvalue weighted by atomic mass is 10.1. The molecular weight excluding hydrogens is 276 g/mol. The maximum Gasteiger partial charge on any atom is 0.148 e. The van der Waals surface area contributed by atoms with Crippen molar-refractivity contribution < 1.29 is 0 Å². The van der Waals surface area contributed by atoms with Crippen molar-refractivity contribution in [2.24, 2.45) is 5.92 Å². The number of nitrogen functional groups attached to an aromatic ring is 1. The molecule has 0 aromatic carbocycles. The van der Waals surface area contributed by atoms with Gasteiger partial charge in [-0.25, -0.2) is 4.98 Å². The zero-order valence-electron chi connectivity index (χ0n) is 11.4. The number of rotatable bonds is 2. The van der Waals surface area contributed by atoms with Crippen LogP contribution in [0.3, 0.4) is 0 Å². The molecule has 2 unspecified atom stereocenters. The zero-order chi connectivity index (χ0) is 13.6. The summed E-state index contributed by atoms with van der Waals surface area (Å²) in [5, 5.41) is 4.32. The van der Waals surface area contributed by atoms with Crippen LogP contribution in [0.25, 0.3) is 11.3 Å². The topological polar surface area (TPSA) is 55.0 Å². The van der Waals surface area contributed by atoms with Crippen LogP contribution in [-0.2, 0) is 0 Å². The second kappa shape index (κ2) is 4.76. The summed E-state index contributed by atoms with van der Waals surface area (Å²) in [6.07, 6.45) is 1.23. The molecule has 0 saturated carbocycles. The largest absolute Gasteiger partial charge is 0.382 e. The number of nitrogens with zero attached hydrogens (tertiary/aromatic N) is 3. The highest BCUT2D eigenvalue weighted by atomic mass is 32.1. The van der Waals surface area contributed by atoms with E-state index in [-0.39, 0.29) is 0 Å². The van der Waals surface area contributed by atoms with E-state index >= 15 is 0 Å². The SMILES string of the molecule is Cc1nc(-c2c(N)nsc2N2CC(C)CC2C)cs1. The molecule has 0 aliphatic carbocycles. The van der Waals surface area contributed by atoms with Gasteiger partial charge in [-0.15, -0.1) is 11.3 Å². The van der Waals surface area contributed by atoms with Gasteiger partial charge in [0.25, 0.3) is 0 Å². The number of aryl methyl sites for hydroxylation is 1. The van der Waals surface area contributed by atoms with Crippen LogP contribution in [0, 0.1) is 12.8 Å². The molecule has 3 rings (SSSR count). The first kappa shape index (κ1) is 12.9. The van der Waals surface area contributed by atoms with Crippen molar-refractivity contribution in [3.63, 3.8) is 0 Å². The van der Waals surface area contributed by atoms with Gasteiger partial charge in [-0.2, -0.15) is 4.37 Å². The van der Waals surface area contributed by atoms with Crippen molar-refractivity contribution in [2.45, 2.75) is 33.2 Å². The first-order valence-electron chi connectivity index (χ1n) is 6.50. The molecule has 2 aromatic rings. The molecule has 2 N–H and O–H groups in total. The average molecular weight is 294 g/mol. The highest BCUT2D eigenvalue weighted by Crippen LogP contribution is 2.42. The Kier molecular flexibility index (Phi) is 3.22. The third-order valence-electron chi connectivity index (χ3n) is 3.62. The van der Waals surface area contributed by atoms with Crippen LogP contribution in [0.2, 0.25) is 0 Å². The Morgan fingerprint density at radius 3 is 2.79 bits per heavy atom. The lowest BCUT2D eigenvalue weighted by molar-refractivity contribution is 0.625. The standard InChI is InChI=1S/C13H18N4S2/c1-7-4-8(2)17(5-7)13-11(12(14)16-19-13)10-6-18-9(3)15-10/h6-8H,4-5H2,1-3H3,(H2,14,16).